The van der Waals surface area contributed by atoms with Gasteiger partial charge in [0.25, 0.3) is 11.5 Å². The van der Waals surface area contributed by atoms with Gasteiger partial charge in [0.2, 0.25) is 5.13 Å². The molecule has 9 nitrogen and oxygen atoms in total. The third kappa shape index (κ3) is 5.39. The molecule has 0 bridgehead atoms. The maximum atomic E-state index is 13.6. The van der Waals surface area contributed by atoms with E-state index in [9.17, 15) is 9.59 Å². The molecule has 0 saturated heterocycles. The van der Waals surface area contributed by atoms with Crippen molar-refractivity contribution < 1.29 is 4.79 Å². The predicted octanol–water partition coefficient (Wildman–Crippen LogP) is 5.53. The smallest absolute Gasteiger partial charge is 0.267 e. The Hall–Kier alpha value is -4.32. The minimum Gasteiger partial charge on any atom is -0.306 e. The average molecular weight is 600 g/mol. The van der Waals surface area contributed by atoms with Crippen molar-refractivity contribution in [1.82, 2.24) is 24.1 Å². The van der Waals surface area contributed by atoms with Gasteiger partial charge in [0, 0.05) is 17.0 Å². The van der Waals surface area contributed by atoms with Crippen molar-refractivity contribution in [3.05, 3.63) is 122 Å². The maximum absolute atomic E-state index is 13.6. The van der Waals surface area contributed by atoms with Crippen LogP contribution in [0, 0.1) is 12.3 Å². The summed E-state index contributed by atoms with van der Waals surface area (Å²) in [5.41, 5.74) is 3.18. The highest BCUT2D eigenvalue weighted by Crippen LogP contribution is 2.30. The van der Waals surface area contributed by atoms with E-state index in [4.69, 9.17) is 22.0 Å². The van der Waals surface area contributed by atoms with Gasteiger partial charge in [-0.25, -0.2) is 4.98 Å². The number of fused-ring (bicyclic) bond motifs is 2. The molecule has 0 spiro atoms. The Labute approximate surface area is 247 Å². The lowest BCUT2D eigenvalue weighted by molar-refractivity contribution is 0.102. The summed E-state index contributed by atoms with van der Waals surface area (Å²) in [6.45, 7) is 2.13. The first-order chi connectivity index (χ1) is 19.9. The van der Waals surface area contributed by atoms with Gasteiger partial charge >= 0.3 is 0 Å². The Kier molecular flexibility index (Phi) is 7.39. The largest absolute Gasteiger partial charge is 0.306 e. The molecule has 2 N–H and O–H groups in total. The molecular formula is C29H22ClN7O2S2. The number of nitrogens with one attached hydrogen (secondary N) is 2. The van der Waals surface area contributed by atoms with Crippen LogP contribution in [0.3, 0.4) is 0 Å². The third-order valence-electron chi connectivity index (χ3n) is 6.50. The number of aromatic nitrogens is 5. The molecule has 6 aromatic rings. The van der Waals surface area contributed by atoms with E-state index in [1.807, 2.05) is 67.6 Å². The lowest BCUT2D eigenvalue weighted by Crippen LogP contribution is -2.32. The van der Waals surface area contributed by atoms with Crippen LogP contribution in [-0.2, 0) is 12.3 Å². The van der Waals surface area contributed by atoms with Crippen LogP contribution >= 0.6 is 34.7 Å². The highest BCUT2D eigenvalue weighted by atomic mass is 35.5. The zero-order valence-corrected chi connectivity index (χ0v) is 24.1. The van der Waals surface area contributed by atoms with Gasteiger partial charge in [-0.1, -0.05) is 89.3 Å². The average Bonchev–Trinajstić information content (AvgIpc) is 3.42. The van der Waals surface area contributed by atoms with E-state index < -0.39 is 5.91 Å². The summed E-state index contributed by atoms with van der Waals surface area (Å²) in [4.78, 5) is 31.9. The minimum absolute atomic E-state index is 0.0282. The number of hydrogen-bond acceptors (Lipinski definition) is 8. The number of thioether (sulfide) groups is 1. The Bertz CT molecular complexity index is 2050. The van der Waals surface area contributed by atoms with Crippen LogP contribution in [0.25, 0.3) is 16.7 Å². The van der Waals surface area contributed by atoms with Crippen LogP contribution in [0.4, 0.5) is 5.13 Å². The van der Waals surface area contributed by atoms with E-state index in [0.29, 0.717) is 26.4 Å². The molecule has 41 heavy (non-hydrogen) atoms. The topological polar surface area (TPSA) is 118 Å². The van der Waals surface area contributed by atoms with Crippen molar-refractivity contribution in [1.29, 1.82) is 5.41 Å². The first-order valence-corrected chi connectivity index (χ1v) is 14.7. The van der Waals surface area contributed by atoms with Crippen molar-refractivity contribution in [3.63, 3.8) is 0 Å². The molecule has 0 aliphatic carbocycles. The first-order valence-electron chi connectivity index (χ1n) is 12.5. The monoisotopic (exact) mass is 599 g/mol. The fourth-order valence-electron chi connectivity index (χ4n) is 4.43. The van der Waals surface area contributed by atoms with Crippen LogP contribution < -0.4 is 16.4 Å². The third-order valence-corrected chi connectivity index (χ3v) is 8.89. The molecule has 0 aliphatic heterocycles. The van der Waals surface area contributed by atoms with Crippen LogP contribution in [0.2, 0.25) is 5.02 Å². The second-order valence-electron chi connectivity index (χ2n) is 9.22. The molecule has 0 radical (unpaired) electrons. The summed E-state index contributed by atoms with van der Waals surface area (Å²) in [7, 11) is 0. The summed E-state index contributed by atoms with van der Waals surface area (Å²) in [5, 5.41) is 21.2. The number of nitrogens with zero attached hydrogens (tertiary/aromatic N) is 5. The number of anilines is 1. The number of aryl methyl sites for hydroxylation is 1. The van der Waals surface area contributed by atoms with Crippen LogP contribution in [0.1, 0.15) is 27.0 Å². The molecule has 2 aromatic carbocycles. The number of pyridine rings is 2. The lowest BCUT2D eigenvalue weighted by atomic mass is 10.1. The summed E-state index contributed by atoms with van der Waals surface area (Å²) < 4.78 is 3.72. The lowest BCUT2D eigenvalue weighted by Gasteiger charge is -2.15. The fourth-order valence-corrected chi connectivity index (χ4v) is 6.46. The summed E-state index contributed by atoms with van der Waals surface area (Å²) in [6.07, 6.45) is 1.65. The number of carbonyl (C=O) groups excluding carboxylic acids is 1. The molecule has 0 unspecified atom stereocenters. The summed E-state index contributed by atoms with van der Waals surface area (Å²) in [6, 6.07) is 22.2. The number of amides is 1. The normalized spacial score (nSPS) is 11.3. The van der Waals surface area contributed by atoms with Crippen molar-refractivity contribution in [3.8, 4) is 0 Å². The van der Waals surface area contributed by atoms with Gasteiger partial charge < -0.3 is 4.57 Å². The molecule has 204 valence electrons. The van der Waals surface area contributed by atoms with Gasteiger partial charge in [-0.05, 0) is 41.8 Å². The van der Waals surface area contributed by atoms with Crippen LogP contribution in [0.15, 0.2) is 88.1 Å². The van der Waals surface area contributed by atoms with Gasteiger partial charge in [0.1, 0.15) is 16.8 Å². The van der Waals surface area contributed by atoms with Crippen molar-refractivity contribution in [2.45, 2.75) is 23.6 Å². The summed E-state index contributed by atoms with van der Waals surface area (Å²) in [5.74, 6) is 0.0412. The molecule has 0 saturated carbocycles. The SMILES string of the molecule is Cc1cccn2c(=O)c3cc(C(=O)Nc4nnc(SCc5ccccc5Cl)s4)c(=N)n(Cc4ccccc4)c3nc12. The molecule has 6 rings (SSSR count). The number of halogens is 1. The second-order valence-corrected chi connectivity index (χ2v) is 11.8. The van der Waals surface area contributed by atoms with E-state index in [0.717, 1.165) is 16.7 Å². The van der Waals surface area contributed by atoms with E-state index >= 15 is 0 Å². The van der Waals surface area contributed by atoms with Crippen molar-refractivity contribution in [2.75, 3.05) is 5.32 Å². The Morgan fingerprint density at radius 3 is 2.63 bits per heavy atom. The first kappa shape index (κ1) is 26.9. The number of benzene rings is 2. The van der Waals surface area contributed by atoms with Crippen molar-refractivity contribution >= 4 is 62.4 Å². The van der Waals surface area contributed by atoms with Gasteiger partial charge in [-0.3, -0.25) is 24.7 Å². The maximum Gasteiger partial charge on any atom is 0.267 e. The van der Waals surface area contributed by atoms with E-state index in [-0.39, 0.29) is 33.7 Å². The van der Waals surface area contributed by atoms with E-state index in [2.05, 4.69) is 15.5 Å². The molecule has 12 heteroatoms. The van der Waals surface area contributed by atoms with Gasteiger partial charge in [-0.15, -0.1) is 10.2 Å². The quantitative estimate of drug-likeness (QED) is 0.141. The number of rotatable bonds is 7. The zero-order chi connectivity index (χ0) is 28.5. The number of hydrogen-bond donors (Lipinski definition) is 2. The molecule has 4 heterocycles. The molecule has 4 aromatic heterocycles. The van der Waals surface area contributed by atoms with Gasteiger partial charge in [0.15, 0.2) is 4.34 Å². The molecule has 0 atom stereocenters. The summed E-state index contributed by atoms with van der Waals surface area (Å²) >= 11 is 8.94. The Morgan fingerprint density at radius 2 is 1.83 bits per heavy atom. The molecular weight excluding hydrogens is 578 g/mol. The van der Waals surface area contributed by atoms with Crippen molar-refractivity contribution in [2.24, 2.45) is 0 Å². The van der Waals surface area contributed by atoms with E-state index in [1.54, 1.807) is 16.8 Å². The van der Waals surface area contributed by atoms with E-state index in [1.165, 1.54) is 33.6 Å². The highest BCUT2D eigenvalue weighted by molar-refractivity contribution is 8.00. The van der Waals surface area contributed by atoms with Crippen LogP contribution in [-0.4, -0.2) is 30.1 Å². The van der Waals surface area contributed by atoms with Gasteiger partial charge in [0.05, 0.1) is 17.5 Å². The Morgan fingerprint density at radius 1 is 1.05 bits per heavy atom. The molecule has 0 aliphatic rings. The minimum atomic E-state index is -0.564. The second kappa shape index (κ2) is 11.3. The standard InChI is InChI=1S/C29H22ClN7O2S2/c1-17-8-7-13-36-24(17)32-25-21(27(36)39)14-20(23(31)37(25)15-18-9-3-2-4-10-18)26(38)33-28-34-35-29(41-28)40-16-19-11-5-6-12-22(19)30/h2-14,31H,15-16H2,1H3,(H,33,34,38). The van der Waals surface area contributed by atoms with Crippen LogP contribution in [0.5, 0.6) is 0 Å². The molecule has 0 fully saturated rings. The molecule has 1 amide bonds. The Balaban J connectivity index is 1.37. The zero-order valence-electron chi connectivity index (χ0n) is 21.7. The highest BCUT2D eigenvalue weighted by Gasteiger charge is 2.20. The fraction of sp³-hybridized carbons (Fsp3) is 0.103. The number of carbonyl (C=O) groups is 1. The predicted molar refractivity (Wildman–Crippen MR) is 162 cm³/mol. The van der Waals surface area contributed by atoms with Gasteiger partial charge in [-0.2, -0.15) is 0 Å².